The first kappa shape index (κ1) is 23.6. The second kappa shape index (κ2) is 10.2. The van der Waals surface area contributed by atoms with Gasteiger partial charge in [-0.3, -0.25) is 24.6 Å². The third-order valence-corrected chi connectivity index (χ3v) is 6.20. The third-order valence-electron chi connectivity index (χ3n) is 5.58. The van der Waals surface area contributed by atoms with E-state index in [1.54, 1.807) is 18.2 Å². The molecule has 2 aromatic rings. The number of urea groups is 1. The van der Waals surface area contributed by atoms with Crippen molar-refractivity contribution < 1.29 is 28.3 Å². The number of imide groups is 2. The van der Waals surface area contributed by atoms with Gasteiger partial charge < -0.3 is 10.1 Å². The summed E-state index contributed by atoms with van der Waals surface area (Å²) in [6.07, 6.45) is 4.75. The standard InChI is InChI=1S/C24H21BrFN3O5/c25-19-12-14(5-10-20(19)34-13-21(30)27-16-8-6-15(26)7-9-16)11-18-22(31)28-24(33)29(23(18)32)17-3-1-2-4-17/h5-12,17H,1-4,13H2,(H,27,30)(H,28,31,33)/b18-11+. The molecule has 0 radical (unpaired) electrons. The molecule has 1 aliphatic heterocycles. The predicted octanol–water partition coefficient (Wildman–Crippen LogP) is 4.01. The first-order chi connectivity index (χ1) is 16.3. The van der Waals surface area contributed by atoms with Gasteiger partial charge in [-0.1, -0.05) is 18.9 Å². The first-order valence-corrected chi connectivity index (χ1v) is 11.5. The number of halogens is 2. The molecule has 4 rings (SSSR count). The molecule has 0 bridgehead atoms. The molecule has 0 spiro atoms. The number of nitrogens with one attached hydrogen (secondary N) is 2. The van der Waals surface area contributed by atoms with Gasteiger partial charge in [0.2, 0.25) is 0 Å². The van der Waals surface area contributed by atoms with E-state index in [0.717, 1.165) is 30.6 Å². The summed E-state index contributed by atoms with van der Waals surface area (Å²) in [5, 5.41) is 4.84. The number of amides is 5. The monoisotopic (exact) mass is 529 g/mol. The van der Waals surface area contributed by atoms with E-state index in [2.05, 4.69) is 26.6 Å². The Balaban J connectivity index is 1.43. The Morgan fingerprint density at radius 3 is 2.53 bits per heavy atom. The maximum Gasteiger partial charge on any atom is 0.331 e. The number of barbiturate groups is 1. The van der Waals surface area contributed by atoms with Crippen LogP contribution in [0.4, 0.5) is 14.9 Å². The van der Waals surface area contributed by atoms with Crippen molar-refractivity contribution in [2.45, 2.75) is 31.7 Å². The van der Waals surface area contributed by atoms with Crippen molar-refractivity contribution in [1.29, 1.82) is 0 Å². The van der Waals surface area contributed by atoms with Crippen LogP contribution in [0.25, 0.3) is 6.08 Å². The van der Waals surface area contributed by atoms with Gasteiger partial charge >= 0.3 is 6.03 Å². The Morgan fingerprint density at radius 1 is 1.15 bits per heavy atom. The zero-order valence-corrected chi connectivity index (χ0v) is 19.6. The second-order valence-corrected chi connectivity index (χ2v) is 8.82. The molecule has 0 aromatic heterocycles. The zero-order chi connectivity index (χ0) is 24.2. The maximum atomic E-state index is 13.0. The summed E-state index contributed by atoms with van der Waals surface area (Å²) < 4.78 is 19.0. The molecule has 2 N–H and O–H groups in total. The number of benzene rings is 2. The number of carbonyl (C=O) groups is 4. The van der Waals surface area contributed by atoms with Gasteiger partial charge in [0.15, 0.2) is 6.61 Å². The van der Waals surface area contributed by atoms with Crippen LogP contribution >= 0.6 is 15.9 Å². The average Bonchev–Trinajstić information content (AvgIpc) is 3.32. The molecule has 1 heterocycles. The summed E-state index contributed by atoms with van der Waals surface area (Å²) in [6, 6.07) is 9.33. The fourth-order valence-corrected chi connectivity index (χ4v) is 4.44. The van der Waals surface area contributed by atoms with E-state index < -0.39 is 29.6 Å². The van der Waals surface area contributed by atoms with Crippen molar-refractivity contribution in [1.82, 2.24) is 10.2 Å². The molecular formula is C24H21BrFN3O5. The van der Waals surface area contributed by atoms with E-state index >= 15 is 0 Å². The average molecular weight is 530 g/mol. The Hall–Kier alpha value is -3.53. The Labute approximate surface area is 203 Å². The van der Waals surface area contributed by atoms with E-state index in [4.69, 9.17) is 4.74 Å². The summed E-state index contributed by atoms with van der Waals surface area (Å²) >= 11 is 3.36. The highest BCUT2D eigenvalue weighted by Crippen LogP contribution is 2.29. The largest absolute Gasteiger partial charge is 0.483 e. The van der Waals surface area contributed by atoms with Crippen LogP contribution in [-0.2, 0) is 14.4 Å². The van der Waals surface area contributed by atoms with Crippen LogP contribution in [0, 0.1) is 5.82 Å². The molecule has 1 aliphatic carbocycles. The lowest BCUT2D eigenvalue weighted by atomic mass is 10.1. The summed E-state index contributed by atoms with van der Waals surface area (Å²) in [7, 11) is 0. The van der Waals surface area contributed by atoms with Crippen LogP contribution in [0.5, 0.6) is 5.75 Å². The van der Waals surface area contributed by atoms with Crippen LogP contribution in [0.2, 0.25) is 0 Å². The minimum absolute atomic E-state index is 0.120. The number of hydrogen-bond acceptors (Lipinski definition) is 5. The minimum Gasteiger partial charge on any atom is -0.483 e. The van der Waals surface area contributed by atoms with Crippen LogP contribution in [0.3, 0.4) is 0 Å². The Kier molecular flexibility index (Phi) is 7.06. The smallest absolute Gasteiger partial charge is 0.331 e. The third kappa shape index (κ3) is 5.33. The van der Waals surface area contributed by atoms with Crippen molar-refractivity contribution >= 4 is 51.4 Å². The molecule has 34 heavy (non-hydrogen) atoms. The van der Waals surface area contributed by atoms with Gasteiger partial charge in [0.05, 0.1) is 4.47 Å². The SMILES string of the molecule is O=C(COc1ccc(/C=C2\C(=O)NC(=O)N(C3CCCC3)C2=O)cc1Br)Nc1ccc(F)cc1. The van der Waals surface area contributed by atoms with Gasteiger partial charge in [-0.05, 0) is 76.8 Å². The first-order valence-electron chi connectivity index (χ1n) is 10.7. The molecule has 0 unspecified atom stereocenters. The number of nitrogens with zero attached hydrogens (tertiary/aromatic N) is 1. The summed E-state index contributed by atoms with van der Waals surface area (Å²) in [5.74, 6) is -1.80. The quantitative estimate of drug-likeness (QED) is 0.434. The number of hydrogen-bond donors (Lipinski definition) is 2. The summed E-state index contributed by atoms with van der Waals surface area (Å²) in [6.45, 7) is -0.282. The lowest BCUT2D eigenvalue weighted by Gasteiger charge is -2.31. The van der Waals surface area contributed by atoms with E-state index in [0.29, 0.717) is 21.5 Å². The zero-order valence-electron chi connectivity index (χ0n) is 18.0. The van der Waals surface area contributed by atoms with Crippen LogP contribution in [-0.4, -0.2) is 41.3 Å². The minimum atomic E-state index is -0.738. The number of rotatable bonds is 6. The molecule has 176 valence electrons. The number of carbonyl (C=O) groups excluding carboxylic acids is 4. The Morgan fingerprint density at radius 2 is 1.85 bits per heavy atom. The van der Waals surface area contributed by atoms with Gasteiger partial charge in [-0.2, -0.15) is 0 Å². The molecule has 5 amide bonds. The van der Waals surface area contributed by atoms with Crippen molar-refractivity contribution in [3.05, 3.63) is 63.9 Å². The molecular weight excluding hydrogens is 509 g/mol. The highest BCUT2D eigenvalue weighted by atomic mass is 79.9. The van der Waals surface area contributed by atoms with E-state index in [1.807, 2.05) is 0 Å². The van der Waals surface area contributed by atoms with Crippen molar-refractivity contribution in [3.63, 3.8) is 0 Å². The van der Waals surface area contributed by atoms with Crippen molar-refractivity contribution in [2.75, 3.05) is 11.9 Å². The van der Waals surface area contributed by atoms with Gasteiger partial charge in [0.1, 0.15) is 17.1 Å². The van der Waals surface area contributed by atoms with Crippen LogP contribution in [0.1, 0.15) is 31.2 Å². The van der Waals surface area contributed by atoms with Gasteiger partial charge in [-0.15, -0.1) is 0 Å². The normalized spacial score (nSPS) is 17.8. The number of anilines is 1. The molecule has 1 saturated heterocycles. The van der Waals surface area contributed by atoms with Crippen molar-refractivity contribution in [3.8, 4) is 5.75 Å². The molecule has 0 atom stereocenters. The Bertz CT molecular complexity index is 1180. The van der Waals surface area contributed by atoms with Crippen LogP contribution in [0.15, 0.2) is 52.5 Å². The van der Waals surface area contributed by atoms with E-state index in [1.165, 1.54) is 30.3 Å². The lowest BCUT2D eigenvalue weighted by Crippen LogP contribution is -2.57. The van der Waals surface area contributed by atoms with Gasteiger partial charge in [0, 0.05) is 11.7 Å². The second-order valence-electron chi connectivity index (χ2n) is 7.96. The molecule has 2 aromatic carbocycles. The predicted molar refractivity (Wildman–Crippen MR) is 125 cm³/mol. The topological polar surface area (TPSA) is 105 Å². The van der Waals surface area contributed by atoms with Crippen molar-refractivity contribution in [2.24, 2.45) is 0 Å². The summed E-state index contributed by atoms with van der Waals surface area (Å²) in [4.78, 5) is 50.7. The molecule has 8 nitrogen and oxygen atoms in total. The van der Waals surface area contributed by atoms with Gasteiger partial charge in [0.25, 0.3) is 17.7 Å². The van der Waals surface area contributed by atoms with Gasteiger partial charge in [-0.25, -0.2) is 9.18 Å². The molecule has 2 aliphatic rings. The highest BCUT2D eigenvalue weighted by molar-refractivity contribution is 9.10. The van der Waals surface area contributed by atoms with E-state index in [9.17, 15) is 23.6 Å². The highest BCUT2D eigenvalue weighted by Gasteiger charge is 2.40. The molecule has 1 saturated carbocycles. The lowest BCUT2D eigenvalue weighted by molar-refractivity contribution is -0.131. The van der Waals surface area contributed by atoms with Crippen LogP contribution < -0.4 is 15.4 Å². The fraction of sp³-hybridized carbons (Fsp3) is 0.250. The summed E-state index contributed by atoms with van der Waals surface area (Å²) in [5.41, 5.74) is 0.858. The molecule has 2 fully saturated rings. The van der Waals surface area contributed by atoms with E-state index in [-0.39, 0.29) is 18.2 Å². The molecule has 10 heteroatoms. The maximum absolute atomic E-state index is 13.0. The number of ether oxygens (including phenoxy) is 1. The fourth-order valence-electron chi connectivity index (χ4n) is 3.93.